The summed E-state index contributed by atoms with van der Waals surface area (Å²) in [5, 5.41) is 0. The summed E-state index contributed by atoms with van der Waals surface area (Å²) in [7, 11) is -3.35. The molecule has 0 fully saturated rings. The number of rotatable bonds is 2. The van der Waals surface area contributed by atoms with E-state index in [0.717, 1.165) is 0 Å². The molecule has 5 heteroatoms. The van der Waals surface area contributed by atoms with Crippen molar-refractivity contribution in [1.29, 1.82) is 0 Å². The Balaban J connectivity index is 3.61. The topological polar surface area (TPSA) is 92.2 Å². The second-order valence-corrected chi connectivity index (χ2v) is 3.54. The third-order valence-electron chi connectivity index (χ3n) is 0.556. The summed E-state index contributed by atoms with van der Waals surface area (Å²) in [4.78, 5) is 10.1. The van der Waals surface area contributed by atoms with Crippen molar-refractivity contribution in [3.05, 3.63) is 0 Å². The third-order valence-corrected chi connectivity index (χ3v) is 1.67. The quantitative estimate of drug-likeness (QED) is 0.435. The fourth-order valence-electron chi connectivity index (χ4n) is 0.0745. The highest BCUT2D eigenvalue weighted by Crippen LogP contribution is 2.28. The van der Waals surface area contributed by atoms with Crippen LogP contribution in [-0.2, 0) is 4.57 Å². The van der Waals surface area contributed by atoms with Gasteiger partial charge in [-0.1, -0.05) is 0 Å². The van der Waals surface area contributed by atoms with E-state index in [1.165, 1.54) is 0 Å². The molecule has 0 saturated heterocycles. The lowest BCUT2D eigenvalue weighted by molar-refractivity contribution is -0.174. The molecule has 0 heterocycles. The van der Waals surface area contributed by atoms with Crippen LogP contribution in [0.1, 0.15) is 0 Å². The standard InChI is InChI=1S/C2H9N2O2P/c3-1-7(5,6)2-4/h1-4H2,(H,5,6)/p-1. The lowest BCUT2D eigenvalue weighted by Crippen LogP contribution is -2.18. The molecule has 0 spiro atoms. The van der Waals surface area contributed by atoms with E-state index in [2.05, 4.69) is 0 Å². The first kappa shape index (κ1) is 7.11. The minimum atomic E-state index is -3.35. The molecular weight excluding hydrogens is 115 g/mol. The maximum atomic E-state index is 10.1. The van der Waals surface area contributed by atoms with Crippen molar-refractivity contribution in [2.24, 2.45) is 11.5 Å². The van der Waals surface area contributed by atoms with Crippen LogP contribution in [0.15, 0.2) is 0 Å². The van der Waals surface area contributed by atoms with E-state index in [9.17, 15) is 9.46 Å². The van der Waals surface area contributed by atoms with Crippen LogP contribution in [-0.4, -0.2) is 12.6 Å². The predicted molar refractivity (Wildman–Crippen MR) is 25.7 cm³/mol. The van der Waals surface area contributed by atoms with Crippen LogP contribution >= 0.6 is 7.37 Å². The summed E-state index contributed by atoms with van der Waals surface area (Å²) < 4.78 is 10.1. The average Bonchev–Trinajstić information content (AvgIpc) is 1.68. The monoisotopic (exact) mass is 123 g/mol. The molecular formula is C2H8N2O2P-. The number of hydrogen-bond acceptors (Lipinski definition) is 4. The zero-order valence-electron chi connectivity index (χ0n) is 3.83. The van der Waals surface area contributed by atoms with Gasteiger partial charge in [0, 0.05) is 19.9 Å². The van der Waals surface area contributed by atoms with Gasteiger partial charge in [0.15, 0.2) is 0 Å². The van der Waals surface area contributed by atoms with Crippen LogP contribution < -0.4 is 16.4 Å². The van der Waals surface area contributed by atoms with Crippen molar-refractivity contribution in [2.75, 3.05) is 12.6 Å². The summed E-state index contributed by atoms with van der Waals surface area (Å²) in [5.41, 5.74) is 9.52. The van der Waals surface area contributed by atoms with Crippen molar-refractivity contribution in [1.82, 2.24) is 0 Å². The molecule has 7 heavy (non-hydrogen) atoms. The fraction of sp³-hybridized carbons (Fsp3) is 1.00. The van der Waals surface area contributed by atoms with Crippen molar-refractivity contribution >= 4 is 7.37 Å². The molecule has 0 unspecified atom stereocenters. The Morgan fingerprint density at radius 3 is 1.71 bits per heavy atom. The Bertz CT molecular complexity index is 85.7. The Hall–Kier alpha value is 0.110. The minimum absolute atomic E-state index is 0.330. The van der Waals surface area contributed by atoms with Crippen LogP contribution in [0, 0.1) is 0 Å². The van der Waals surface area contributed by atoms with Gasteiger partial charge in [-0.25, -0.2) is 0 Å². The smallest absolute Gasteiger partial charge is 0.0412 e. The van der Waals surface area contributed by atoms with Crippen molar-refractivity contribution in [2.45, 2.75) is 0 Å². The van der Waals surface area contributed by atoms with Crippen LogP contribution in [0.25, 0.3) is 0 Å². The van der Waals surface area contributed by atoms with Gasteiger partial charge in [0.1, 0.15) is 0 Å². The molecule has 0 amide bonds. The van der Waals surface area contributed by atoms with Gasteiger partial charge in [-0.2, -0.15) is 0 Å². The first-order valence-electron chi connectivity index (χ1n) is 1.81. The molecule has 44 valence electrons. The van der Waals surface area contributed by atoms with Crippen LogP contribution in [0.2, 0.25) is 0 Å². The summed E-state index contributed by atoms with van der Waals surface area (Å²) in [6.07, 6.45) is -0.660. The second-order valence-electron chi connectivity index (χ2n) is 1.18. The van der Waals surface area contributed by atoms with Crippen LogP contribution in [0.4, 0.5) is 0 Å². The van der Waals surface area contributed by atoms with Gasteiger partial charge in [0.05, 0.1) is 0 Å². The summed E-state index contributed by atoms with van der Waals surface area (Å²) in [6, 6.07) is 0. The summed E-state index contributed by atoms with van der Waals surface area (Å²) >= 11 is 0. The SMILES string of the molecule is NCP(=O)([O-])CN. The van der Waals surface area contributed by atoms with E-state index in [1.807, 2.05) is 0 Å². The molecule has 0 saturated carbocycles. The third kappa shape index (κ3) is 2.76. The molecule has 0 aromatic carbocycles. The predicted octanol–water partition coefficient (Wildman–Crippen LogP) is -1.54. The van der Waals surface area contributed by atoms with E-state index >= 15 is 0 Å². The van der Waals surface area contributed by atoms with Crippen molar-refractivity contribution in [3.63, 3.8) is 0 Å². The fourth-order valence-corrected chi connectivity index (χ4v) is 0.224. The minimum Gasteiger partial charge on any atom is -0.798 e. The summed E-state index contributed by atoms with van der Waals surface area (Å²) in [6.45, 7) is 0. The van der Waals surface area contributed by atoms with Gasteiger partial charge >= 0.3 is 0 Å². The highest BCUT2D eigenvalue weighted by molar-refractivity contribution is 7.56. The van der Waals surface area contributed by atoms with E-state index in [1.54, 1.807) is 0 Å². The zero-order valence-corrected chi connectivity index (χ0v) is 4.73. The second kappa shape index (κ2) is 2.43. The van der Waals surface area contributed by atoms with Gasteiger partial charge in [0.2, 0.25) is 0 Å². The van der Waals surface area contributed by atoms with E-state index in [4.69, 9.17) is 11.5 Å². The Morgan fingerprint density at radius 1 is 1.43 bits per heavy atom. The molecule has 0 radical (unpaired) electrons. The number of nitrogens with two attached hydrogens (primary N) is 2. The van der Waals surface area contributed by atoms with Gasteiger partial charge in [-0.3, -0.25) is 0 Å². The number of hydrogen-bond donors (Lipinski definition) is 2. The molecule has 0 aliphatic heterocycles. The first-order valence-corrected chi connectivity index (χ1v) is 3.81. The average molecular weight is 123 g/mol. The summed E-state index contributed by atoms with van der Waals surface area (Å²) in [5.74, 6) is 0. The molecule has 4 N–H and O–H groups in total. The molecule has 0 bridgehead atoms. The van der Waals surface area contributed by atoms with E-state index in [0.29, 0.717) is 0 Å². The van der Waals surface area contributed by atoms with Gasteiger partial charge in [0.25, 0.3) is 0 Å². The van der Waals surface area contributed by atoms with E-state index in [-0.39, 0.29) is 12.6 Å². The Labute approximate surface area is 42.0 Å². The van der Waals surface area contributed by atoms with Gasteiger partial charge in [-0.05, 0) is 0 Å². The van der Waals surface area contributed by atoms with Crippen molar-refractivity contribution < 1.29 is 9.46 Å². The zero-order chi connectivity index (χ0) is 5.91. The normalized spacial score (nSPS) is 11.9. The van der Waals surface area contributed by atoms with Crippen LogP contribution in [0.5, 0.6) is 0 Å². The first-order chi connectivity index (χ1) is 3.12. The molecule has 0 aromatic heterocycles. The maximum absolute atomic E-state index is 10.1. The molecule has 4 nitrogen and oxygen atoms in total. The largest absolute Gasteiger partial charge is 0.798 e. The van der Waals surface area contributed by atoms with Gasteiger partial charge in [-0.15, -0.1) is 0 Å². The molecule has 0 aliphatic carbocycles. The van der Waals surface area contributed by atoms with Gasteiger partial charge < -0.3 is 20.9 Å². The lowest BCUT2D eigenvalue weighted by atomic mass is 11.5. The Kier molecular flexibility index (Phi) is 2.46. The molecule has 0 rings (SSSR count). The van der Waals surface area contributed by atoms with Crippen molar-refractivity contribution in [3.8, 4) is 0 Å². The highest BCUT2D eigenvalue weighted by Gasteiger charge is 1.97. The van der Waals surface area contributed by atoms with E-state index < -0.39 is 7.37 Å². The molecule has 0 atom stereocenters. The molecule has 0 aliphatic rings. The highest BCUT2D eigenvalue weighted by atomic mass is 31.2. The lowest BCUT2D eigenvalue weighted by Gasteiger charge is -2.17. The molecule has 0 aromatic rings. The Morgan fingerprint density at radius 2 is 1.71 bits per heavy atom. The van der Waals surface area contributed by atoms with Crippen LogP contribution in [0.3, 0.4) is 0 Å². The maximum Gasteiger partial charge on any atom is 0.0412 e.